The molecule has 2 heterocycles. The molecule has 0 bridgehead atoms. The summed E-state index contributed by atoms with van der Waals surface area (Å²) < 4.78 is 5.74. The van der Waals surface area contributed by atoms with Crippen molar-refractivity contribution in [2.75, 3.05) is 19.9 Å². The first-order chi connectivity index (χ1) is 7.70. The molecule has 1 aliphatic rings. The quantitative estimate of drug-likeness (QED) is 0.768. The van der Waals surface area contributed by atoms with Crippen LogP contribution in [0.4, 0.5) is 0 Å². The van der Waals surface area contributed by atoms with Gasteiger partial charge in [0.1, 0.15) is 0 Å². The summed E-state index contributed by atoms with van der Waals surface area (Å²) in [6, 6.07) is 0. The van der Waals surface area contributed by atoms with Crippen LogP contribution in [0.2, 0.25) is 0 Å². The number of hydrogen-bond acceptors (Lipinski definition) is 4. The van der Waals surface area contributed by atoms with Crippen molar-refractivity contribution >= 4 is 12.2 Å². The summed E-state index contributed by atoms with van der Waals surface area (Å²) >= 11 is 4.95. The van der Waals surface area contributed by atoms with Gasteiger partial charge in [-0.1, -0.05) is 0 Å². The molecule has 0 saturated carbocycles. The molecule has 0 saturated heterocycles. The topological polar surface area (TPSA) is 61.1 Å². The maximum absolute atomic E-state index is 11.6. The van der Waals surface area contributed by atoms with E-state index in [0.717, 1.165) is 24.2 Å². The second-order valence-electron chi connectivity index (χ2n) is 3.79. The summed E-state index contributed by atoms with van der Waals surface area (Å²) in [5.74, 6) is 0. The molecule has 0 fully saturated rings. The van der Waals surface area contributed by atoms with Crippen molar-refractivity contribution in [3.63, 3.8) is 0 Å². The van der Waals surface area contributed by atoms with E-state index in [0.29, 0.717) is 24.7 Å². The Labute approximate surface area is 98.4 Å². The number of hydrogen-bond donors (Lipinski definition) is 2. The van der Waals surface area contributed by atoms with Crippen LogP contribution in [0, 0.1) is 4.77 Å². The van der Waals surface area contributed by atoms with E-state index in [-0.39, 0.29) is 5.56 Å². The maximum Gasteiger partial charge on any atom is 0.255 e. The fourth-order valence-corrected chi connectivity index (χ4v) is 2.08. The molecule has 0 unspecified atom stereocenters. The molecule has 0 aromatic carbocycles. The van der Waals surface area contributed by atoms with Crippen LogP contribution in [0.5, 0.6) is 0 Å². The Bertz CT molecular complexity index is 480. The SMILES string of the molecule is CCOCN1CCc2c([nH]c(=S)[nH]c2=O)C1. The van der Waals surface area contributed by atoms with Crippen molar-refractivity contribution < 1.29 is 4.74 Å². The molecular formula is C10H15N3O2S. The Balaban J connectivity index is 2.20. The van der Waals surface area contributed by atoms with E-state index in [1.165, 1.54) is 0 Å². The monoisotopic (exact) mass is 241 g/mol. The summed E-state index contributed by atoms with van der Waals surface area (Å²) in [5, 5.41) is 0. The largest absolute Gasteiger partial charge is 0.366 e. The summed E-state index contributed by atoms with van der Waals surface area (Å²) in [6.07, 6.45) is 0.740. The molecule has 5 nitrogen and oxygen atoms in total. The lowest BCUT2D eigenvalue weighted by molar-refractivity contribution is 0.0268. The van der Waals surface area contributed by atoms with Gasteiger partial charge in [0, 0.05) is 31.0 Å². The van der Waals surface area contributed by atoms with Gasteiger partial charge >= 0.3 is 0 Å². The van der Waals surface area contributed by atoms with Gasteiger partial charge in [-0.05, 0) is 25.6 Å². The Morgan fingerprint density at radius 1 is 1.50 bits per heavy atom. The molecule has 0 amide bonds. The van der Waals surface area contributed by atoms with Crippen LogP contribution in [-0.4, -0.2) is 34.8 Å². The van der Waals surface area contributed by atoms with E-state index in [1.807, 2.05) is 6.92 Å². The third kappa shape index (κ3) is 2.40. The number of ether oxygens (including phenoxy) is 1. The fraction of sp³-hybridized carbons (Fsp3) is 0.600. The number of nitrogens with one attached hydrogen (secondary N) is 2. The molecule has 6 heteroatoms. The zero-order valence-corrected chi connectivity index (χ0v) is 10.0. The maximum atomic E-state index is 11.6. The second-order valence-corrected chi connectivity index (χ2v) is 4.20. The van der Waals surface area contributed by atoms with Crippen LogP contribution in [0.3, 0.4) is 0 Å². The van der Waals surface area contributed by atoms with E-state index in [9.17, 15) is 4.79 Å². The van der Waals surface area contributed by atoms with Gasteiger partial charge in [-0.3, -0.25) is 14.7 Å². The number of nitrogens with zero attached hydrogens (tertiary/aromatic N) is 1. The van der Waals surface area contributed by atoms with Gasteiger partial charge in [-0.2, -0.15) is 0 Å². The summed E-state index contributed by atoms with van der Waals surface area (Å²) in [7, 11) is 0. The molecule has 0 atom stereocenters. The standard InChI is InChI=1S/C10H15N3O2S/c1-2-15-6-13-4-3-7-8(5-13)11-10(16)12-9(7)14/h2-6H2,1H3,(H2,11,12,14,16). The summed E-state index contributed by atoms with van der Waals surface area (Å²) in [6.45, 7) is 4.82. The average molecular weight is 241 g/mol. The van der Waals surface area contributed by atoms with Crippen molar-refractivity contribution in [1.29, 1.82) is 0 Å². The molecular weight excluding hydrogens is 226 g/mol. The van der Waals surface area contributed by atoms with Crippen molar-refractivity contribution in [3.8, 4) is 0 Å². The zero-order chi connectivity index (χ0) is 11.5. The first-order valence-electron chi connectivity index (χ1n) is 5.35. The molecule has 0 spiro atoms. The van der Waals surface area contributed by atoms with Gasteiger partial charge in [0.05, 0.1) is 6.73 Å². The van der Waals surface area contributed by atoms with Gasteiger partial charge in [0.15, 0.2) is 4.77 Å². The Hall–Kier alpha value is -0.980. The van der Waals surface area contributed by atoms with E-state index >= 15 is 0 Å². The molecule has 0 radical (unpaired) electrons. The highest BCUT2D eigenvalue weighted by Gasteiger charge is 2.18. The van der Waals surface area contributed by atoms with Crippen molar-refractivity contribution in [1.82, 2.24) is 14.9 Å². The number of fused-ring (bicyclic) bond motifs is 1. The van der Waals surface area contributed by atoms with Gasteiger partial charge in [-0.15, -0.1) is 0 Å². The molecule has 1 aliphatic heterocycles. The zero-order valence-electron chi connectivity index (χ0n) is 9.21. The summed E-state index contributed by atoms with van der Waals surface area (Å²) in [4.78, 5) is 19.4. The third-order valence-corrected chi connectivity index (χ3v) is 2.87. The molecule has 2 rings (SSSR count). The second kappa shape index (κ2) is 4.90. The minimum absolute atomic E-state index is 0.0604. The van der Waals surface area contributed by atoms with Crippen LogP contribution in [0.25, 0.3) is 0 Å². The van der Waals surface area contributed by atoms with E-state index in [2.05, 4.69) is 14.9 Å². The minimum Gasteiger partial charge on any atom is -0.366 e. The minimum atomic E-state index is -0.0604. The van der Waals surface area contributed by atoms with Crippen LogP contribution in [0.15, 0.2) is 4.79 Å². The first kappa shape index (κ1) is 11.5. The van der Waals surface area contributed by atoms with Crippen LogP contribution >= 0.6 is 12.2 Å². The predicted molar refractivity (Wildman–Crippen MR) is 62.9 cm³/mol. The lowest BCUT2D eigenvalue weighted by Crippen LogP contribution is -2.36. The predicted octanol–water partition coefficient (Wildman–Crippen LogP) is 0.785. The Morgan fingerprint density at radius 2 is 2.31 bits per heavy atom. The molecule has 1 aromatic rings. The van der Waals surface area contributed by atoms with E-state index < -0.39 is 0 Å². The van der Waals surface area contributed by atoms with Gasteiger partial charge in [0.25, 0.3) is 5.56 Å². The number of rotatable bonds is 3. The molecule has 16 heavy (non-hydrogen) atoms. The molecule has 2 N–H and O–H groups in total. The van der Waals surface area contributed by atoms with Crippen molar-refractivity contribution in [2.45, 2.75) is 19.9 Å². The van der Waals surface area contributed by atoms with Crippen LogP contribution in [-0.2, 0) is 17.7 Å². The number of aromatic nitrogens is 2. The number of aromatic amines is 2. The Kier molecular flexibility index (Phi) is 3.52. The third-order valence-electron chi connectivity index (χ3n) is 2.67. The van der Waals surface area contributed by atoms with Crippen molar-refractivity contribution in [3.05, 3.63) is 26.4 Å². The Morgan fingerprint density at radius 3 is 3.06 bits per heavy atom. The van der Waals surface area contributed by atoms with Crippen LogP contribution in [0.1, 0.15) is 18.2 Å². The normalized spacial score (nSPS) is 16.1. The average Bonchev–Trinajstić information content (AvgIpc) is 2.25. The fourth-order valence-electron chi connectivity index (χ4n) is 1.86. The van der Waals surface area contributed by atoms with Gasteiger partial charge in [0.2, 0.25) is 0 Å². The van der Waals surface area contributed by atoms with Crippen molar-refractivity contribution in [2.24, 2.45) is 0 Å². The highest BCUT2D eigenvalue weighted by Crippen LogP contribution is 2.12. The molecule has 88 valence electrons. The summed E-state index contributed by atoms with van der Waals surface area (Å²) in [5.41, 5.74) is 1.68. The first-order valence-corrected chi connectivity index (χ1v) is 5.76. The van der Waals surface area contributed by atoms with E-state index in [4.69, 9.17) is 17.0 Å². The highest BCUT2D eigenvalue weighted by atomic mass is 32.1. The lowest BCUT2D eigenvalue weighted by Gasteiger charge is -2.27. The van der Waals surface area contributed by atoms with Gasteiger partial charge in [-0.25, -0.2) is 0 Å². The van der Waals surface area contributed by atoms with Crippen LogP contribution < -0.4 is 5.56 Å². The molecule has 0 aliphatic carbocycles. The van der Waals surface area contributed by atoms with Gasteiger partial charge < -0.3 is 9.72 Å². The molecule has 1 aromatic heterocycles. The van der Waals surface area contributed by atoms with E-state index in [1.54, 1.807) is 0 Å². The smallest absolute Gasteiger partial charge is 0.255 e. The highest BCUT2D eigenvalue weighted by molar-refractivity contribution is 7.71. The number of H-pyrrole nitrogens is 2. The lowest BCUT2D eigenvalue weighted by atomic mass is 10.1.